The number of fused-ring (bicyclic) bond motifs is 1. The fourth-order valence-electron chi connectivity index (χ4n) is 7.17. The van der Waals surface area contributed by atoms with Gasteiger partial charge in [-0.3, -0.25) is 39.0 Å². The van der Waals surface area contributed by atoms with E-state index in [0.29, 0.717) is 58.7 Å². The first kappa shape index (κ1) is 42.3. The van der Waals surface area contributed by atoms with E-state index in [1.807, 2.05) is 0 Å². The quantitative estimate of drug-likeness (QED) is 0.0964. The van der Waals surface area contributed by atoms with Crippen LogP contribution < -0.4 is 27.0 Å². The van der Waals surface area contributed by atoms with Crippen LogP contribution in [0.5, 0.6) is 0 Å². The molecule has 2 aromatic carbocycles. The normalized spacial score (nSPS) is 17.6. The van der Waals surface area contributed by atoms with Crippen molar-refractivity contribution in [3.8, 4) is 0 Å². The van der Waals surface area contributed by atoms with E-state index in [1.165, 1.54) is 4.31 Å². The van der Waals surface area contributed by atoms with Crippen molar-refractivity contribution < 1.29 is 41.9 Å². The van der Waals surface area contributed by atoms with Gasteiger partial charge in [-0.2, -0.15) is 4.98 Å². The van der Waals surface area contributed by atoms with E-state index in [2.05, 4.69) is 47.2 Å². The van der Waals surface area contributed by atoms with Gasteiger partial charge in [-0.1, -0.05) is 24.3 Å². The van der Waals surface area contributed by atoms with Gasteiger partial charge in [0.15, 0.2) is 0 Å². The number of hydrogen-bond acceptors (Lipinski definition) is 13. The number of nitrogens with zero attached hydrogens (tertiary/aromatic N) is 4. The average molecular weight is 883 g/mol. The third kappa shape index (κ3) is 9.86. The fourth-order valence-corrected chi connectivity index (χ4v) is 8.85. The number of aromatic nitrogens is 2. The number of aryl methyl sites for hydroxylation is 2. The monoisotopic (exact) mass is 881 g/mol. The van der Waals surface area contributed by atoms with Crippen molar-refractivity contribution >= 4 is 78.8 Å². The molecule has 18 nitrogen and oxygen atoms in total. The highest BCUT2D eigenvalue weighted by Gasteiger charge is 2.45. The summed E-state index contributed by atoms with van der Waals surface area (Å²) in [7, 11) is -3.63. The molecule has 3 aliphatic rings. The summed E-state index contributed by atoms with van der Waals surface area (Å²) >= 11 is 3.43. The summed E-state index contributed by atoms with van der Waals surface area (Å²) in [6.45, 7) is 2.67. The van der Waals surface area contributed by atoms with Crippen LogP contribution in [0.1, 0.15) is 80.7 Å². The molecule has 0 radical (unpaired) electrons. The van der Waals surface area contributed by atoms with Crippen molar-refractivity contribution in [2.24, 2.45) is 5.73 Å². The summed E-state index contributed by atoms with van der Waals surface area (Å²) in [5, 5.41) is 11.2. The summed E-state index contributed by atoms with van der Waals surface area (Å²) in [5.41, 5.74) is 8.26. The van der Waals surface area contributed by atoms with Crippen LogP contribution in [0.15, 0.2) is 47.1 Å². The SMILES string of the molecule is Cc1cccc(Nc2nc(NC3CCN(S(=O)(=O)CCNC(=O)CCOCCCc4cccc5c4C(=O)N(C4CCC(=O)NC4=O)C5=O)CC3)ncc2Br)c1C(N)=O. The number of sulfonamides is 1. The van der Waals surface area contributed by atoms with Gasteiger partial charge in [-0.15, -0.1) is 0 Å². The van der Waals surface area contributed by atoms with E-state index < -0.39 is 45.6 Å². The molecule has 1 atom stereocenters. The van der Waals surface area contributed by atoms with E-state index >= 15 is 0 Å². The molecule has 0 aliphatic carbocycles. The first-order valence-corrected chi connectivity index (χ1v) is 21.2. The van der Waals surface area contributed by atoms with Gasteiger partial charge in [0, 0.05) is 51.3 Å². The Morgan fingerprint density at radius 2 is 1.79 bits per heavy atom. The first-order chi connectivity index (χ1) is 27.7. The fraction of sp³-hybridized carbons (Fsp3) is 0.421. The van der Waals surface area contributed by atoms with Gasteiger partial charge < -0.3 is 26.4 Å². The lowest BCUT2D eigenvalue weighted by molar-refractivity contribution is -0.136. The molecule has 6 N–H and O–H groups in total. The molecule has 2 saturated heterocycles. The average Bonchev–Trinajstić information content (AvgIpc) is 3.43. The Bertz CT molecular complexity index is 2230. The zero-order valence-corrected chi connectivity index (χ0v) is 34.1. The number of halogens is 1. The van der Waals surface area contributed by atoms with Gasteiger partial charge in [0.1, 0.15) is 11.9 Å². The van der Waals surface area contributed by atoms with Gasteiger partial charge in [-0.25, -0.2) is 17.7 Å². The minimum absolute atomic E-state index is 0.0262. The number of nitrogens with one attached hydrogen (secondary N) is 4. The minimum atomic E-state index is -3.63. The Labute approximate surface area is 343 Å². The number of primary amides is 1. The van der Waals surface area contributed by atoms with E-state index in [-0.39, 0.29) is 80.9 Å². The van der Waals surface area contributed by atoms with Crippen LogP contribution in [-0.4, -0.2) is 114 Å². The highest BCUT2D eigenvalue weighted by molar-refractivity contribution is 9.10. The lowest BCUT2D eigenvalue weighted by Gasteiger charge is -2.31. The van der Waals surface area contributed by atoms with Crippen LogP contribution >= 0.6 is 15.9 Å². The van der Waals surface area contributed by atoms with Gasteiger partial charge >= 0.3 is 0 Å². The summed E-state index contributed by atoms with van der Waals surface area (Å²) < 4.78 is 33.7. The summed E-state index contributed by atoms with van der Waals surface area (Å²) in [5.74, 6) is -2.66. The Kier molecular flexibility index (Phi) is 13.5. The van der Waals surface area contributed by atoms with Crippen molar-refractivity contribution in [1.82, 2.24) is 29.8 Å². The number of rotatable bonds is 17. The van der Waals surface area contributed by atoms with Crippen molar-refractivity contribution in [1.29, 1.82) is 0 Å². The molecule has 0 saturated carbocycles. The molecule has 3 aromatic rings. The number of carbonyl (C=O) groups excluding carboxylic acids is 6. The summed E-state index contributed by atoms with van der Waals surface area (Å²) in [4.78, 5) is 84.5. The number of anilines is 3. The molecule has 2 fully saturated rings. The summed E-state index contributed by atoms with van der Waals surface area (Å²) in [6.07, 6.45) is 3.63. The maximum Gasteiger partial charge on any atom is 0.262 e. The smallest absolute Gasteiger partial charge is 0.262 e. The van der Waals surface area contributed by atoms with E-state index in [9.17, 15) is 37.2 Å². The molecule has 58 heavy (non-hydrogen) atoms. The second kappa shape index (κ2) is 18.5. The van der Waals surface area contributed by atoms with Gasteiger partial charge in [0.05, 0.1) is 39.2 Å². The summed E-state index contributed by atoms with van der Waals surface area (Å²) in [6, 6.07) is 9.14. The Morgan fingerprint density at radius 3 is 2.53 bits per heavy atom. The van der Waals surface area contributed by atoms with Gasteiger partial charge in [-0.05, 0) is 78.2 Å². The number of benzene rings is 2. The number of carbonyl (C=O) groups is 6. The predicted octanol–water partition coefficient (Wildman–Crippen LogP) is 2.15. The van der Waals surface area contributed by atoms with Crippen LogP contribution in [0.3, 0.4) is 0 Å². The molecule has 308 valence electrons. The molecule has 1 unspecified atom stereocenters. The number of amides is 6. The molecule has 4 heterocycles. The minimum Gasteiger partial charge on any atom is -0.381 e. The maximum atomic E-state index is 13.3. The van der Waals surface area contributed by atoms with Crippen molar-refractivity contribution in [3.63, 3.8) is 0 Å². The van der Waals surface area contributed by atoms with E-state index in [0.717, 1.165) is 10.5 Å². The highest BCUT2D eigenvalue weighted by Crippen LogP contribution is 2.31. The van der Waals surface area contributed by atoms with E-state index in [1.54, 1.807) is 49.5 Å². The highest BCUT2D eigenvalue weighted by atomic mass is 79.9. The first-order valence-electron chi connectivity index (χ1n) is 18.8. The molecule has 0 bridgehead atoms. The lowest BCUT2D eigenvalue weighted by Crippen LogP contribution is -2.54. The molecule has 20 heteroatoms. The zero-order chi connectivity index (χ0) is 41.6. The molecule has 1 aromatic heterocycles. The molecular weight excluding hydrogens is 838 g/mol. The third-order valence-corrected chi connectivity index (χ3v) is 12.6. The number of nitrogens with two attached hydrogens (primary N) is 1. The number of hydrogen-bond donors (Lipinski definition) is 5. The molecule has 3 aliphatic heterocycles. The van der Waals surface area contributed by atoms with Gasteiger partial charge in [0.2, 0.25) is 33.7 Å². The Hall–Kier alpha value is -5.31. The second-order valence-corrected chi connectivity index (χ2v) is 17.1. The number of ether oxygens (including phenoxy) is 1. The molecular formula is C38H44BrN9O9S. The molecule has 6 rings (SSSR count). The standard InChI is InChI=1S/C38H44BrN9O9S/c1-22-5-2-9-27(31(22)33(40)51)44-34-26(39)21-42-38(46-34)43-24-12-16-47(17-13-24)58(55,56)20-15-41-29(49)14-19-57-18-4-7-23-6-3-8-25-32(23)37(54)48(36(25)53)28-10-11-30(50)45-35(28)52/h2-3,5-6,8-9,21,24,28H,4,7,10-20H2,1H3,(H2,40,51)(H,41,49)(H,45,50,52)(H2,42,43,44,46). The van der Waals surface area contributed by atoms with Crippen LogP contribution in [0.25, 0.3) is 0 Å². The zero-order valence-electron chi connectivity index (χ0n) is 31.7. The van der Waals surface area contributed by atoms with Crippen molar-refractivity contribution in [3.05, 3.63) is 74.9 Å². The Morgan fingerprint density at radius 1 is 1.03 bits per heavy atom. The van der Waals surface area contributed by atoms with Crippen LogP contribution in [-0.2, 0) is 35.6 Å². The molecule has 0 spiro atoms. The van der Waals surface area contributed by atoms with E-state index in [4.69, 9.17) is 10.5 Å². The topological polar surface area (TPSA) is 252 Å². The van der Waals surface area contributed by atoms with Gasteiger partial charge in [0.25, 0.3) is 17.7 Å². The predicted molar refractivity (Wildman–Crippen MR) is 215 cm³/mol. The van der Waals surface area contributed by atoms with Crippen LogP contribution in [0, 0.1) is 6.92 Å². The second-order valence-electron chi connectivity index (χ2n) is 14.1. The van der Waals surface area contributed by atoms with Crippen LogP contribution in [0.4, 0.5) is 17.5 Å². The van der Waals surface area contributed by atoms with Crippen LogP contribution in [0.2, 0.25) is 0 Å². The third-order valence-electron chi connectivity index (χ3n) is 10.1. The Balaban J connectivity index is 0.877. The number of piperidine rings is 2. The van der Waals surface area contributed by atoms with Crippen molar-refractivity contribution in [2.45, 2.75) is 64.0 Å². The largest absolute Gasteiger partial charge is 0.381 e. The molecule has 6 amide bonds. The lowest BCUT2D eigenvalue weighted by atomic mass is 9.99. The van der Waals surface area contributed by atoms with Crippen molar-refractivity contribution in [2.75, 3.05) is 49.2 Å². The number of imide groups is 2. The maximum absolute atomic E-state index is 13.3.